The molecule has 2 heterocycles. The van der Waals surface area contributed by atoms with Crippen LogP contribution in [0.1, 0.15) is 12.5 Å². The second-order valence-electron chi connectivity index (χ2n) is 6.12. The highest BCUT2D eigenvalue weighted by molar-refractivity contribution is 8.03. The molecule has 0 aliphatic carbocycles. The molecule has 2 aromatic rings. The number of benzene rings is 2. The van der Waals surface area contributed by atoms with Gasteiger partial charge in [0.05, 0.1) is 5.25 Å². The number of alkyl halides is 3. The Morgan fingerprint density at radius 2 is 1.78 bits per heavy atom. The van der Waals surface area contributed by atoms with Crippen LogP contribution in [0, 0.1) is 0 Å². The summed E-state index contributed by atoms with van der Waals surface area (Å²) in [6.45, 7) is 1.70. The number of carbonyl (C=O) groups excluding carboxylic acids is 2. The fraction of sp³-hybridized carbons (Fsp3) is 0.222. The first-order valence-electron chi connectivity index (χ1n) is 8.01. The normalized spacial score (nSPS) is 24.3. The molecule has 1 spiro atoms. The Balaban J connectivity index is 1.79. The number of halogens is 3. The molecule has 2 aromatic carbocycles. The van der Waals surface area contributed by atoms with Gasteiger partial charge in [-0.1, -0.05) is 18.2 Å². The van der Waals surface area contributed by atoms with Gasteiger partial charge in [0.15, 0.2) is 0 Å². The Labute approximate surface area is 156 Å². The predicted molar refractivity (Wildman–Crippen MR) is 94.4 cm³/mol. The van der Waals surface area contributed by atoms with E-state index in [0.717, 1.165) is 12.1 Å². The van der Waals surface area contributed by atoms with Crippen LogP contribution < -0.4 is 15.0 Å². The molecule has 2 aliphatic rings. The fourth-order valence-corrected chi connectivity index (χ4v) is 4.84. The van der Waals surface area contributed by atoms with Crippen molar-refractivity contribution in [1.29, 1.82) is 0 Å². The number of amides is 2. The number of para-hydroxylation sites is 1. The topological polar surface area (TPSA) is 58.6 Å². The standard InChI is InChI=1S/C18H13F3N2O3S/c1-10-15(24)23(11-6-8-12(9-7-11)26-18(19,20)21)17(27-10)13-4-2-3-5-14(13)22-16(17)25/h2-10H,1H3,(H,22,25)/t10-,17-/m1/s1. The molecule has 2 amide bonds. The third kappa shape index (κ3) is 2.73. The number of carbonyl (C=O) groups is 2. The molecule has 0 bridgehead atoms. The number of hydrogen-bond acceptors (Lipinski definition) is 4. The van der Waals surface area contributed by atoms with Gasteiger partial charge in [0, 0.05) is 16.9 Å². The minimum absolute atomic E-state index is 0.295. The number of rotatable bonds is 2. The van der Waals surface area contributed by atoms with Crippen molar-refractivity contribution >= 4 is 35.0 Å². The summed E-state index contributed by atoms with van der Waals surface area (Å²) in [7, 11) is 0. The zero-order valence-corrected chi connectivity index (χ0v) is 14.7. The van der Waals surface area contributed by atoms with Crippen LogP contribution in [0.5, 0.6) is 5.75 Å². The Morgan fingerprint density at radius 3 is 2.44 bits per heavy atom. The van der Waals surface area contributed by atoms with Crippen molar-refractivity contribution in [1.82, 2.24) is 0 Å². The van der Waals surface area contributed by atoms with Gasteiger partial charge >= 0.3 is 6.36 Å². The SMILES string of the molecule is C[C@H]1S[C@]2(C(=O)Nc3ccccc32)N(c2ccc(OC(F)(F)F)cc2)C1=O. The van der Waals surface area contributed by atoms with Gasteiger partial charge in [-0.05, 0) is 37.3 Å². The highest BCUT2D eigenvalue weighted by Crippen LogP contribution is 2.56. The molecule has 1 saturated heterocycles. The van der Waals surface area contributed by atoms with Gasteiger partial charge in [-0.3, -0.25) is 14.5 Å². The van der Waals surface area contributed by atoms with Crippen molar-refractivity contribution in [3.8, 4) is 5.75 Å². The molecule has 5 nitrogen and oxygen atoms in total. The molecular weight excluding hydrogens is 381 g/mol. The molecule has 9 heteroatoms. The van der Waals surface area contributed by atoms with Gasteiger partial charge in [-0.25, -0.2) is 0 Å². The number of fused-ring (bicyclic) bond motifs is 2. The maximum Gasteiger partial charge on any atom is 0.573 e. The molecule has 0 aromatic heterocycles. The van der Waals surface area contributed by atoms with Gasteiger partial charge in [-0.15, -0.1) is 24.9 Å². The number of hydrogen-bond donors (Lipinski definition) is 1. The van der Waals surface area contributed by atoms with Crippen molar-refractivity contribution in [3.63, 3.8) is 0 Å². The van der Waals surface area contributed by atoms with E-state index in [1.54, 1.807) is 31.2 Å². The van der Waals surface area contributed by atoms with E-state index in [1.165, 1.54) is 28.8 Å². The molecule has 1 N–H and O–H groups in total. The van der Waals surface area contributed by atoms with E-state index in [-0.39, 0.29) is 11.8 Å². The first-order valence-corrected chi connectivity index (χ1v) is 8.89. The van der Waals surface area contributed by atoms with Crippen molar-refractivity contribution in [2.24, 2.45) is 0 Å². The Morgan fingerprint density at radius 1 is 1.11 bits per heavy atom. The molecule has 140 valence electrons. The monoisotopic (exact) mass is 394 g/mol. The van der Waals surface area contributed by atoms with Gasteiger partial charge in [-0.2, -0.15) is 0 Å². The first kappa shape index (κ1) is 17.7. The third-order valence-electron chi connectivity index (χ3n) is 4.41. The van der Waals surface area contributed by atoms with Gasteiger partial charge < -0.3 is 10.1 Å². The van der Waals surface area contributed by atoms with Crippen molar-refractivity contribution in [2.75, 3.05) is 10.2 Å². The summed E-state index contributed by atoms with van der Waals surface area (Å²) in [6.07, 6.45) is -4.80. The number of anilines is 2. The molecule has 1 fully saturated rings. The molecule has 0 radical (unpaired) electrons. The lowest BCUT2D eigenvalue weighted by Gasteiger charge is -2.32. The van der Waals surface area contributed by atoms with Crippen LogP contribution in [-0.4, -0.2) is 23.4 Å². The second kappa shape index (κ2) is 5.91. The lowest BCUT2D eigenvalue weighted by molar-refractivity contribution is -0.274. The summed E-state index contributed by atoms with van der Waals surface area (Å²) < 4.78 is 41.0. The van der Waals surface area contributed by atoms with Crippen LogP contribution in [0.3, 0.4) is 0 Å². The minimum Gasteiger partial charge on any atom is -0.406 e. The number of thioether (sulfide) groups is 1. The maximum absolute atomic E-state index is 12.9. The van der Waals surface area contributed by atoms with Crippen LogP contribution in [0.25, 0.3) is 0 Å². The quantitative estimate of drug-likeness (QED) is 0.841. The fourth-order valence-electron chi connectivity index (χ4n) is 3.36. The smallest absolute Gasteiger partial charge is 0.406 e. The van der Waals surface area contributed by atoms with Crippen LogP contribution in [0.15, 0.2) is 48.5 Å². The molecule has 4 rings (SSSR count). The average Bonchev–Trinajstić information content (AvgIpc) is 3.02. The Hall–Kier alpha value is -2.68. The summed E-state index contributed by atoms with van der Waals surface area (Å²) in [5.74, 6) is -1.05. The number of nitrogens with zero attached hydrogens (tertiary/aromatic N) is 1. The Kier molecular flexibility index (Phi) is 3.88. The third-order valence-corrected chi connectivity index (χ3v) is 5.89. The number of ether oxygens (including phenoxy) is 1. The zero-order chi connectivity index (χ0) is 19.4. The zero-order valence-electron chi connectivity index (χ0n) is 13.9. The molecule has 2 aliphatic heterocycles. The van der Waals surface area contributed by atoms with E-state index in [9.17, 15) is 22.8 Å². The molecule has 0 unspecified atom stereocenters. The minimum atomic E-state index is -4.80. The number of nitrogens with one attached hydrogen (secondary N) is 1. The Bertz CT molecular complexity index is 932. The van der Waals surface area contributed by atoms with Crippen LogP contribution in [0.4, 0.5) is 24.5 Å². The highest BCUT2D eigenvalue weighted by atomic mass is 32.2. The van der Waals surface area contributed by atoms with E-state index < -0.39 is 22.2 Å². The van der Waals surface area contributed by atoms with E-state index in [0.29, 0.717) is 16.9 Å². The van der Waals surface area contributed by atoms with E-state index in [1.807, 2.05) is 0 Å². The predicted octanol–water partition coefficient (Wildman–Crippen LogP) is 3.86. The lowest BCUT2D eigenvalue weighted by Crippen LogP contribution is -2.47. The van der Waals surface area contributed by atoms with Gasteiger partial charge in [0.1, 0.15) is 5.75 Å². The maximum atomic E-state index is 12.9. The summed E-state index contributed by atoms with van der Waals surface area (Å²) >= 11 is 1.20. The summed E-state index contributed by atoms with van der Waals surface area (Å²) in [5, 5.41) is 2.29. The molecular formula is C18H13F3N2O3S. The van der Waals surface area contributed by atoms with Crippen LogP contribution >= 0.6 is 11.8 Å². The van der Waals surface area contributed by atoms with Crippen molar-refractivity contribution in [3.05, 3.63) is 54.1 Å². The van der Waals surface area contributed by atoms with Crippen molar-refractivity contribution in [2.45, 2.75) is 23.4 Å². The summed E-state index contributed by atoms with van der Waals surface area (Å²) in [5.41, 5.74) is 1.57. The van der Waals surface area contributed by atoms with Crippen LogP contribution in [0.2, 0.25) is 0 Å². The van der Waals surface area contributed by atoms with E-state index >= 15 is 0 Å². The van der Waals surface area contributed by atoms with E-state index in [4.69, 9.17) is 0 Å². The molecule has 27 heavy (non-hydrogen) atoms. The lowest BCUT2D eigenvalue weighted by atomic mass is 10.0. The van der Waals surface area contributed by atoms with Gasteiger partial charge in [0.2, 0.25) is 10.8 Å². The van der Waals surface area contributed by atoms with Crippen LogP contribution in [-0.2, 0) is 14.5 Å². The average molecular weight is 394 g/mol. The summed E-state index contributed by atoms with van der Waals surface area (Å²) in [4.78, 5) is 25.8. The highest BCUT2D eigenvalue weighted by Gasteiger charge is 2.60. The molecule has 2 atom stereocenters. The van der Waals surface area contributed by atoms with Gasteiger partial charge in [0.25, 0.3) is 5.91 Å². The van der Waals surface area contributed by atoms with E-state index in [2.05, 4.69) is 10.1 Å². The summed E-state index contributed by atoms with van der Waals surface area (Å²) in [6, 6.07) is 12.0. The molecule has 0 saturated carbocycles. The van der Waals surface area contributed by atoms with Crippen molar-refractivity contribution < 1.29 is 27.5 Å². The second-order valence-corrected chi connectivity index (χ2v) is 7.65. The first-order chi connectivity index (χ1) is 12.7. The largest absolute Gasteiger partial charge is 0.573 e.